The molecular weight excluding hydrogens is 370 g/mol. The first kappa shape index (κ1) is 23.3. The molecule has 162 valence electrons. The fourth-order valence-electron chi connectivity index (χ4n) is 3.25. The first-order valence-corrected chi connectivity index (χ1v) is 10.8. The highest BCUT2D eigenvalue weighted by Gasteiger charge is 2.16. The Bertz CT molecular complexity index is 858. The number of rotatable bonds is 12. The van der Waals surface area contributed by atoms with Gasteiger partial charge in [0, 0.05) is 37.2 Å². The van der Waals surface area contributed by atoms with Crippen molar-refractivity contribution in [3.8, 4) is 0 Å². The van der Waals surface area contributed by atoms with Crippen LogP contribution in [0.15, 0.2) is 61.0 Å². The molecule has 4 N–H and O–H groups in total. The molecule has 30 heavy (non-hydrogen) atoms. The van der Waals surface area contributed by atoms with E-state index in [4.69, 9.17) is 10.7 Å². The second kappa shape index (κ2) is 11.9. The number of imidazole rings is 1. The Kier molecular flexibility index (Phi) is 9.26. The van der Waals surface area contributed by atoms with Crippen molar-refractivity contribution in [2.24, 2.45) is 0 Å². The summed E-state index contributed by atoms with van der Waals surface area (Å²) in [7, 11) is 0. The molecule has 2 rings (SSSR count). The maximum atomic E-state index is 5.78. The summed E-state index contributed by atoms with van der Waals surface area (Å²) >= 11 is 0. The predicted molar refractivity (Wildman–Crippen MR) is 129 cm³/mol. The Balaban J connectivity index is 2.10. The van der Waals surface area contributed by atoms with E-state index in [1.807, 2.05) is 37.5 Å². The van der Waals surface area contributed by atoms with Crippen molar-refractivity contribution >= 4 is 11.4 Å². The minimum absolute atomic E-state index is 0.463. The molecule has 0 aliphatic carbocycles. The van der Waals surface area contributed by atoms with Gasteiger partial charge in [0.05, 0.1) is 5.70 Å². The van der Waals surface area contributed by atoms with Crippen LogP contribution in [0, 0.1) is 0 Å². The minimum Gasteiger partial charge on any atom is -0.399 e. The van der Waals surface area contributed by atoms with Crippen molar-refractivity contribution in [1.82, 2.24) is 20.2 Å². The Morgan fingerprint density at radius 2 is 2.00 bits per heavy atom. The van der Waals surface area contributed by atoms with Crippen LogP contribution in [-0.2, 0) is 13.0 Å². The van der Waals surface area contributed by atoms with Crippen LogP contribution in [0.1, 0.15) is 57.1 Å². The predicted octanol–water partition coefficient (Wildman–Crippen LogP) is 4.85. The molecule has 1 atom stereocenters. The van der Waals surface area contributed by atoms with E-state index >= 15 is 0 Å². The van der Waals surface area contributed by atoms with Gasteiger partial charge < -0.3 is 20.9 Å². The SMILES string of the molecule is C=C/C(C)=C\NCCn1c(C(C)CC)cnc1/C(=C\C)NCCc1ccc(N)cc1. The quantitative estimate of drug-likeness (QED) is 0.267. The summed E-state index contributed by atoms with van der Waals surface area (Å²) in [6.45, 7) is 14.9. The maximum Gasteiger partial charge on any atom is 0.156 e. The van der Waals surface area contributed by atoms with Gasteiger partial charge in [-0.2, -0.15) is 0 Å². The Labute approximate surface area is 181 Å². The first-order chi connectivity index (χ1) is 14.5. The van der Waals surface area contributed by atoms with Gasteiger partial charge in [0.2, 0.25) is 0 Å². The Hall–Kier alpha value is -2.95. The topological polar surface area (TPSA) is 67.9 Å². The number of hydrogen-bond acceptors (Lipinski definition) is 4. The molecule has 0 radical (unpaired) electrons. The van der Waals surface area contributed by atoms with Crippen LogP contribution < -0.4 is 16.4 Å². The lowest BCUT2D eigenvalue weighted by Gasteiger charge is -2.18. The molecule has 1 unspecified atom stereocenters. The Morgan fingerprint density at radius 3 is 2.63 bits per heavy atom. The molecule has 0 aliphatic heterocycles. The molecular formula is C25H37N5. The summed E-state index contributed by atoms with van der Waals surface area (Å²) in [6.07, 6.45) is 10.0. The van der Waals surface area contributed by atoms with Gasteiger partial charge in [-0.25, -0.2) is 4.98 Å². The summed E-state index contributed by atoms with van der Waals surface area (Å²) in [6, 6.07) is 8.07. The van der Waals surface area contributed by atoms with Crippen LogP contribution in [0.2, 0.25) is 0 Å². The highest BCUT2D eigenvalue weighted by atomic mass is 15.1. The van der Waals surface area contributed by atoms with Crippen molar-refractivity contribution in [2.75, 3.05) is 18.8 Å². The molecule has 5 nitrogen and oxygen atoms in total. The lowest BCUT2D eigenvalue weighted by molar-refractivity contribution is 0.583. The third-order valence-electron chi connectivity index (χ3n) is 5.37. The number of allylic oxidation sites excluding steroid dienone is 3. The number of hydrogen-bond donors (Lipinski definition) is 3. The number of aromatic nitrogens is 2. The summed E-state index contributed by atoms with van der Waals surface area (Å²) < 4.78 is 2.34. The average molecular weight is 408 g/mol. The zero-order valence-corrected chi connectivity index (χ0v) is 18.9. The maximum absolute atomic E-state index is 5.78. The molecule has 0 aliphatic rings. The molecule has 0 fully saturated rings. The van der Waals surface area contributed by atoms with E-state index in [0.717, 1.165) is 55.3 Å². The van der Waals surface area contributed by atoms with Gasteiger partial charge in [0.25, 0.3) is 0 Å². The molecule has 0 spiro atoms. The van der Waals surface area contributed by atoms with Crippen molar-refractivity contribution < 1.29 is 0 Å². The van der Waals surface area contributed by atoms with Crippen molar-refractivity contribution in [3.63, 3.8) is 0 Å². The largest absolute Gasteiger partial charge is 0.399 e. The zero-order valence-electron chi connectivity index (χ0n) is 18.9. The van der Waals surface area contributed by atoms with Gasteiger partial charge in [-0.3, -0.25) is 0 Å². The molecule has 0 saturated heterocycles. The fourth-order valence-corrected chi connectivity index (χ4v) is 3.25. The second-order valence-corrected chi connectivity index (χ2v) is 7.63. The highest BCUT2D eigenvalue weighted by molar-refractivity contribution is 5.58. The third-order valence-corrected chi connectivity index (χ3v) is 5.37. The average Bonchev–Trinajstić information content (AvgIpc) is 3.18. The monoisotopic (exact) mass is 407 g/mol. The van der Waals surface area contributed by atoms with Gasteiger partial charge in [-0.1, -0.05) is 44.7 Å². The van der Waals surface area contributed by atoms with E-state index in [9.17, 15) is 0 Å². The summed E-state index contributed by atoms with van der Waals surface area (Å²) in [5.74, 6) is 1.46. The molecule has 1 heterocycles. The minimum atomic E-state index is 0.463. The summed E-state index contributed by atoms with van der Waals surface area (Å²) in [5.41, 5.74) is 11.3. The number of nitrogen functional groups attached to an aromatic ring is 1. The molecule has 1 aromatic heterocycles. The molecule has 0 amide bonds. The van der Waals surface area contributed by atoms with E-state index in [-0.39, 0.29) is 0 Å². The van der Waals surface area contributed by atoms with Crippen LogP contribution in [0.4, 0.5) is 5.69 Å². The number of nitrogens with one attached hydrogen (secondary N) is 2. The van der Waals surface area contributed by atoms with Crippen LogP contribution in [-0.4, -0.2) is 22.6 Å². The number of nitrogens with zero attached hydrogens (tertiary/aromatic N) is 2. The number of benzene rings is 1. The molecule has 0 bridgehead atoms. The van der Waals surface area contributed by atoms with E-state index in [2.05, 4.69) is 60.8 Å². The van der Waals surface area contributed by atoms with Crippen molar-refractivity contribution in [1.29, 1.82) is 0 Å². The van der Waals surface area contributed by atoms with Gasteiger partial charge in [-0.05, 0) is 62.1 Å². The van der Waals surface area contributed by atoms with Crippen molar-refractivity contribution in [3.05, 3.63) is 78.0 Å². The third kappa shape index (κ3) is 6.55. The van der Waals surface area contributed by atoms with Gasteiger partial charge in [0.1, 0.15) is 0 Å². The standard InChI is InChI=1S/C25H37N5/c1-6-19(4)17-27-15-16-30-24(20(5)7-2)18-29-25(30)23(8-3)28-14-13-21-9-11-22(26)12-10-21/h6,8-12,17-18,20,27-28H,1,7,13-16,26H2,2-5H3/b19-17-,23-8+. The van der Waals surface area contributed by atoms with Gasteiger partial charge in [-0.15, -0.1) is 0 Å². The van der Waals surface area contributed by atoms with Crippen LogP contribution >= 0.6 is 0 Å². The van der Waals surface area contributed by atoms with E-state index in [1.54, 1.807) is 0 Å². The van der Waals surface area contributed by atoms with Gasteiger partial charge in [0.15, 0.2) is 5.82 Å². The highest BCUT2D eigenvalue weighted by Crippen LogP contribution is 2.23. The van der Waals surface area contributed by atoms with Crippen LogP contribution in [0.5, 0.6) is 0 Å². The smallest absolute Gasteiger partial charge is 0.156 e. The summed E-state index contributed by atoms with van der Waals surface area (Å²) in [5, 5.41) is 6.96. The lowest BCUT2D eigenvalue weighted by Crippen LogP contribution is -2.22. The molecule has 2 aromatic rings. The van der Waals surface area contributed by atoms with Gasteiger partial charge >= 0.3 is 0 Å². The fraction of sp³-hybridized carbons (Fsp3) is 0.400. The van der Waals surface area contributed by atoms with Crippen molar-refractivity contribution in [2.45, 2.75) is 53.0 Å². The molecule has 0 saturated carbocycles. The molecule has 5 heteroatoms. The number of nitrogens with two attached hydrogens (primary N) is 1. The van der Waals surface area contributed by atoms with Crippen LogP contribution in [0.25, 0.3) is 5.70 Å². The van der Waals surface area contributed by atoms with E-state index < -0.39 is 0 Å². The zero-order chi connectivity index (χ0) is 21.9. The normalized spacial score (nSPS) is 13.2. The Morgan fingerprint density at radius 1 is 1.27 bits per heavy atom. The number of anilines is 1. The van der Waals surface area contributed by atoms with E-state index in [0.29, 0.717) is 5.92 Å². The van der Waals surface area contributed by atoms with E-state index in [1.165, 1.54) is 11.3 Å². The lowest BCUT2D eigenvalue weighted by atomic mass is 10.1. The second-order valence-electron chi connectivity index (χ2n) is 7.63. The first-order valence-electron chi connectivity index (χ1n) is 10.8. The van der Waals surface area contributed by atoms with Crippen LogP contribution in [0.3, 0.4) is 0 Å². The molecule has 1 aromatic carbocycles. The summed E-state index contributed by atoms with van der Waals surface area (Å²) in [4.78, 5) is 4.78.